The molecule has 0 spiro atoms. The minimum absolute atomic E-state index is 0.0217. The van der Waals surface area contributed by atoms with Gasteiger partial charge in [0.1, 0.15) is 0 Å². The quantitative estimate of drug-likeness (QED) is 0.773. The number of nitrogens with zero attached hydrogens (tertiary/aromatic N) is 1. The lowest BCUT2D eigenvalue weighted by molar-refractivity contribution is 0.153. The molecule has 0 aromatic rings. The summed E-state index contributed by atoms with van der Waals surface area (Å²) in [6, 6.07) is -0.0217. The molecule has 5 heteroatoms. The van der Waals surface area contributed by atoms with Crippen molar-refractivity contribution in [2.75, 3.05) is 6.54 Å². The summed E-state index contributed by atoms with van der Waals surface area (Å²) in [5, 5.41) is -0.373. The Hall–Kier alpha value is -0.130. The molecule has 2 N–H and O–H groups in total. The fourth-order valence-electron chi connectivity index (χ4n) is 1.92. The minimum atomic E-state index is -3.19. The van der Waals surface area contributed by atoms with Gasteiger partial charge >= 0.3 is 0 Å². The Balaban J connectivity index is 3.00. The van der Waals surface area contributed by atoms with Crippen molar-refractivity contribution in [3.8, 4) is 0 Å². The minimum Gasteiger partial charge on any atom is -0.327 e. The van der Waals surface area contributed by atoms with E-state index in [-0.39, 0.29) is 16.8 Å². The molecular formula is C10H22N2O2S. The number of piperidine rings is 1. The lowest BCUT2D eigenvalue weighted by atomic mass is 9.91. The maximum absolute atomic E-state index is 12.1. The standard InChI is InChI=1S/C10H22N2O2S/c1-8(2)15(13,14)12-7-9(11)5-6-10(12,3)4/h8-9H,5-7,11H2,1-4H3. The Labute approximate surface area is 92.9 Å². The molecule has 0 radical (unpaired) electrons. The fourth-order valence-corrected chi connectivity index (χ4v) is 3.61. The molecule has 1 atom stereocenters. The Morgan fingerprint density at radius 1 is 1.40 bits per heavy atom. The van der Waals surface area contributed by atoms with E-state index in [0.717, 1.165) is 12.8 Å². The molecule has 0 aromatic heterocycles. The van der Waals surface area contributed by atoms with Gasteiger partial charge in [-0.1, -0.05) is 0 Å². The van der Waals surface area contributed by atoms with Crippen LogP contribution in [0.5, 0.6) is 0 Å². The summed E-state index contributed by atoms with van der Waals surface area (Å²) < 4.78 is 25.8. The molecule has 1 aliphatic heterocycles. The molecule has 1 rings (SSSR count). The van der Waals surface area contributed by atoms with Crippen LogP contribution in [-0.2, 0) is 10.0 Å². The number of sulfonamides is 1. The average Bonchev–Trinajstić information content (AvgIpc) is 2.09. The zero-order chi connectivity index (χ0) is 11.9. The molecule has 0 amide bonds. The first kappa shape index (κ1) is 12.9. The first-order valence-corrected chi connectivity index (χ1v) is 6.95. The van der Waals surface area contributed by atoms with Crippen LogP contribution < -0.4 is 5.73 Å². The molecule has 0 aromatic carbocycles. The van der Waals surface area contributed by atoms with Crippen LogP contribution in [0.15, 0.2) is 0 Å². The van der Waals surface area contributed by atoms with Gasteiger partial charge in [0.2, 0.25) is 10.0 Å². The highest BCUT2D eigenvalue weighted by Gasteiger charge is 2.41. The molecule has 0 bridgehead atoms. The first-order chi connectivity index (χ1) is 6.68. The van der Waals surface area contributed by atoms with E-state index in [0.29, 0.717) is 6.54 Å². The normalized spacial score (nSPS) is 28.3. The van der Waals surface area contributed by atoms with Crippen LogP contribution >= 0.6 is 0 Å². The van der Waals surface area contributed by atoms with E-state index in [9.17, 15) is 8.42 Å². The summed E-state index contributed by atoms with van der Waals surface area (Å²) in [6.45, 7) is 7.82. The monoisotopic (exact) mass is 234 g/mol. The Morgan fingerprint density at radius 2 is 1.93 bits per heavy atom. The molecule has 0 aliphatic carbocycles. The summed E-state index contributed by atoms with van der Waals surface area (Å²) in [6.07, 6.45) is 1.73. The van der Waals surface area contributed by atoms with Crippen molar-refractivity contribution in [2.45, 2.75) is 57.4 Å². The maximum Gasteiger partial charge on any atom is 0.216 e. The molecule has 1 saturated heterocycles. The fraction of sp³-hybridized carbons (Fsp3) is 1.00. The van der Waals surface area contributed by atoms with Crippen molar-refractivity contribution in [3.63, 3.8) is 0 Å². The van der Waals surface area contributed by atoms with Gasteiger partial charge in [-0.15, -0.1) is 0 Å². The number of nitrogens with two attached hydrogens (primary N) is 1. The van der Waals surface area contributed by atoms with Crippen molar-refractivity contribution in [1.82, 2.24) is 4.31 Å². The zero-order valence-corrected chi connectivity index (χ0v) is 10.8. The largest absolute Gasteiger partial charge is 0.327 e. The number of rotatable bonds is 2. The SMILES string of the molecule is CC(C)S(=O)(=O)N1CC(N)CCC1(C)C. The Bertz CT molecular complexity index is 322. The Kier molecular flexibility index (Phi) is 3.48. The predicted molar refractivity (Wildman–Crippen MR) is 62.1 cm³/mol. The van der Waals surface area contributed by atoms with Crippen LogP contribution in [0.3, 0.4) is 0 Å². The second-order valence-electron chi connectivity index (χ2n) is 5.24. The summed E-state index contributed by atoms with van der Waals surface area (Å²) in [5.74, 6) is 0. The molecule has 15 heavy (non-hydrogen) atoms. The van der Waals surface area contributed by atoms with Crippen LogP contribution in [0.25, 0.3) is 0 Å². The van der Waals surface area contributed by atoms with Gasteiger partial charge in [-0.05, 0) is 40.5 Å². The van der Waals surface area contributed by atoms with E-state index in [1.165, 1.54) is 0 Å². The van der Waals surface area contributed by atoms with E-state index in [4.69, 9.17) is 5.73 Å². The molecule has 1 fully saturated rings. The molecular weight excluding hydrogens is 212 g/mol. The van der Waals surface area contributed by atoms with E-state index in [1.54, 1.807) is 18.2 Å². The van der Waals surface area contributed by atoms with Crippen molar-refractivity contribution in [1.29, 1.82) is 0 Å². The molecule has 90 valence electrons. The lowest BCUT2D eigenvalue weighted by Gasteiger charge is -2.44. The third kappa shape index (κ3) is 2.52. The van der Waals surface area contributed by atoms with E-state index in [1.807, 2.05) is 13.8 Å². The first-order valence-electron chi connectivity index (χ1n) is 5.45. The molecule has 1 aliphatic rings. The van der Waals surface area contributed by atoms with Gasteiger partial charge in [0.05, 0.1) is 5.25 Å². The van der Waals surface area contributed by atoms with Crippen LogP contribution in [-0.4, -0.2) is 36.1 Å². The third-order valence-corrected chi connectivity index (χ3v) is 5.55. The second kappa shape index (κ2) is 4.03. The highest BCUT2D eigenvalue weighted by atomic mass is 32.2. The summed E-state index contributed by atoms with van der Waals surface area (Å²) in [5.41, 5.74) is 5.54. The number of hydrogen-bond acceptors (Lipinski definition) is 3. The predicted octanol–water partition coefficient (Wildman–Crippen LogP) is 0.926. The van der Waals surface area contributed by atoms with Gasteiger partial charge in [0, 0.05) is 18.1 Å². The third-order valence-electron chi connectivity index (χ3n) is 3.11. The topological polar surface area (TPSA) is 63.4 Å². The van der Waals surface area contributed by atoms with Crippen molar-refractivity contribution in [2.24, 2.45) is 5.73 Å². The maximum atomic E-state index is 12.1. The van der Waals surface area contributed by atoms with Crippen molar-refractivity contribution in [3.05, 3.63) is 0 Å². The molecule has 4 nitrogen and oxygen atoms in total. The van der Waals surface area contributed by atoms with Gasteiger partial charge in [-0.25, -0.2) is 8.42 Å². The summed E-state index contributed by atoms with van der Waals surface area (Å²) in [7, 11) is -3.19. The van der Waals surface area contributed by atoms with Gasteiger partial charge in [0.15, 0.2) is 0 Å². The highest BCUT2D eigenvalue weighted by molar-refractivity contribution is 7.89. The van der Waals surface area contributed by atoms with E-state index in [2.05, 4.69) is 0 Å². The Morgan fingerprint density at radius 3 is 2.40 bits per heavy atom. The molecule has 0 saturated carbocycles. The summed E-state index contributed by atoms with van der Waals surface area (Å²) in [4.78, 5) is 0. The summed E-state index contributed by atoms with van der Waals surface area (Å²) >= 11 is 0. The highest BCUT2D eigenvalue weighted by Crippen LogP contribution is 2.30. The van der Waals surface area contributed by atoms with Crippen molar-refractivity contribution >= 4 is 10.0 Å². The average molecular weight is 234 g/mol. The number of hydrogen-bond donors (Lipinski definition) is 1. The smallest absolute Gasteiger partial charge is 0.216 e. The van der Waals surface area contributed by atoms with Crippen LogP contribution in [0.2, 0.25) is 0 Å². The van der Waals surface area contributed by atoms with E-state index >= 15 is 0 Å². The second-order valence-corrected chi connectivity index (χ2v) is 7.65. The van der Waals surface area contributed by atoms with Crippen LogP contribution in [0, 0.1) is 0 Å². The van der Waals surface area contributed by atoms with E-state index < -0.39 is 10.0 Å². The lowest BCUT2D eigenvalue weighted by Crippen LogP contribution is -2.57. The van der Waals surface area contributed by atoms with Gasteiger partial charge in [0.25, 0.3) is 0 Å². The van der Waals surface area contributed by atoms with Gasteiger partial charge < -0.3 is 5.73 Å². The zero-order valence-electron chi connectivity index (χ0n) is 10.0. The molecule has 1 heterocycles. The van der Waals surface area contributed by atoms with Crippen molar-refractivity contribution < 1.29 is 8.42 Å². The van der Waals surface area contributed by atoms with Gasteiger partial charge in [-0.3, -0.25) is 0 Å². The van der Waals surface area contributed by atoms with Gasteiger partial charge in [-0.2, -0.15) is 4.31 Å². The van der Waals surface area contributed by atoms with Crippen LogP contribution in [0.1, 0.15) is 40.5 Å². The van der Waals surface area contributed by atoms with Crippen LogP contribution in [0.4, 0.5) is 0 Å². The molecule has 1 unspecified atom stereocenters.